The molecule has 2 aromatic heterocycles. The Morgan fingerprint density at radius 2 is 1.81 bits per heavy atom. The Morgan fingerprint density at radius 3 is 2.45 bits per heavy atom. The molecule has 2 aromatic carbocycles. The highest BCUT2D eigenvalue weighted by molar-refractivity contribution is 5.89. The summed E-state index contributed by atoms with van der Waals surface area (Å²) in [4.78, 5) is 33.1. The van der Waals surface area contributed by atoms with E-state index in [1.807, 2.05) is 4.90 Å². The summed E-state index contributed by atoms with van der Waals surface area (Å²) >= 11 is 0. The van der Waals surface area contributed by atoms with Crippen molar-refractivity contribution >= 4 is 23.7 Å². The van der Waals surface area contributed by atoms with Crippen molar-refractivity contribution < 1.29 is 37.7 Å². The van der Waals surface area contributed by atoms with Crippen LogP contribution in [0.4, 0.5) is 24.9 Å². The first-order valence-corrected chi connectivity index (χ1v) is 14.9. The molecular formula is C32H32F3N7O5. The lowest BCUT2D eigenvalue weighted by atomic mass is 9.76. The number of aryl methyl sites for hydroxylation is 1. The zero-order valence-corrected chi connectivity index (χ0v) is 25.2. The largest absolute Gasteiger partial charge is 0.480 e. The summed E-state index contributed by atoms with van der Waals surface area (Å²) in [5.41, 5.74) is 7.18. The van der Waals surface area contributed by atoms with Gasteiger partial charge in [-0.3, -0.25) is 4.79 Å². The second-order valence-electron chi connectivity index (χ2n) is 12.0. The molecule has 5 N–H and O–H groups in total. The lowest BCUT2D eigenvalue weighted by Crippen LogP contribution is -2.41. The molecule has 0 saturated carbocycles. The van der Waals surface area contributed by atoms with Crippen LogP contribution in [0.15, 0.2) is 60.8 Å². The summed E-state index contributed by atoms with van der Waals surface area (Å²) in [7, 11) is 0. The molecule has 1 spiro atoms. The summed E-state index contributed by atoms with van der Waals surface area (Å²) in [6, 6.07) is 12.7. The first-order valence-electron chi connectivity index (χ1n) is 14.9. The van der Waals surface area contributed by atoms with Crippen molar-refractivity contribution in [1.29, 1.82) is 0 Å². The van der Waals surface area contributed by atoms with Gasteiger partial charge < -0.3 is 30.9 Å². The minimum Gasteiger partial charge on any atom is -0.480 e. The van der Waals surface area contributed by atoms with Gasteiger partial charge in [0.1, 0.15) is 11.9 Å². The normalized spacial score (nSPS) is 18.3. The summed E-state index contributed by atoms with van der Waals surface area (Å²) in [5, 5.41) is 26.2. The molecule has 246 valence electrons. The number of piperidine rings is 1. The third kappa shape index (κ3) is 6.70. The van der Waals surface area contributed by atoms with Gasteiger partial charge in [-0.15, -0.1) is 0 Å². The number of carboxylic acid groups (broad SMARTS) is 2. The van der Waals surface area contributed by atoms with Crippen LogP contribution in [0, 0.1) is 12.3 Å². The van der Waals surface area contributed by atoms with E-state index >= 15 is 0 Å². The zero-order chi connectivity index (χ0) is 33.5. The highest BCUT2D eigenvalue weighted by Gasteiger charge is 2.46. The first kappa shape index (κ1) is 31.8. The van der Waals surface area contributed by atoms with Gasteiger partial charge in [0.2, 0.25) is 17.9 Å². The van der Waals surface area contributed by atoms with E-state index in [0.717, 1.165) is 0 Å². The van der Waals surface area contributed by atoms with Crippen molar-refractivity contribution in [2.75, 3.05) is 30.3 Å². The number of alkyl halides is 3. The SMILES string of the molecule is Cc1ccn(-c2cc(-c3cccc(C(=O)O)c3)ccc2[C@@H](Oc2cc(N3CCC4(CC3)CNC(C(=O)O)C4)nc(N)n2)C(F)(F)F)n1. The Labute approximate surface area is 267 Å². The van der Waals surface area contributed by atoms with Crippen molar-refractivity contribution in [3.63, 3.8) is 0 Å². The predicted molar refractivity (Wildman–Crippen MR) is 164 cm³/mol. The number of carbonyl (C=O) groups is 2. The van der Waals surface area contributed by atoms with Crippen molar-refractivity contribution in [3.05, 3.63) is 77.6 Å². The maximum absolute atomic E-state index is 14.8. The van der Waals surface area contributed by atoms with Crippen LogP contribution in [-0.2, 0) is 4.79 Å². The van der Waals surface area contributed by atoms with E-state index in [1.165, 1.54) is 47.3 Å². The van der Waals surface area contributed by atoms with Crippen molar-refractivity contribution in [3.8, 4) is 22.7 Å². The number of halogens is 3. The smallest absolute Gasteiger partial charge is 0.429 e. The number of hydrogen-bond acceptors (Lipinski definition) is 9. The van der Waals surface area contributed by atoms with E-state index in [0.29, 0.717) is 61.5 Å². The molecular weight excluding hydrogens is 619 g/mol. The van der Waals surface area contributed by atoms with Crippen molar-refractivity contribution in [2.24, 2.45) is 5.41 Å². The quantitative estimate of drug-likeness (QED) is 0.210. The molecule has 2 aliphatic rings. The first-order chi connectivity index (χ1) is 22.3. The number of nitrogens with zero attached hydrogens (tertiary/aromatic N) is 5. The van der Waals surface area contributed by atoms with Gasteiger partial charge in [-0.1, -0.05) is 24.3 Å². The number of ether oxygens (including phenoxy) is 1. The Morgan fingerprint density at radius 1 is 1.06 bits per heavy atom. The van der Waals surface area contributed by atoms with Crippen LogP contribution in [0.5, 0.6) is 5.88 Å². The summed E-state index contributed by atoms with van der Waals surface area (Å²) in [5.74, 6) is -2.34. The minimum atomic E-state index is -4.89. The molecule has 6 rings (SSSR count). The minimum absolute atomic E-state index is 0.0324. The van der Waals surface area contributed by atoms with Gasteiger partial charge in [-0.2, -0.15) is 28.2 Å². The maximum Gasteiger partial charge on any atom is 0.429 e. The van der Waals surface area contributed by atoms with Crippen molar-refractivity contribution in [1.82, 2.24) is 25.1 Å². The van der Waals surface area contributed by atoms with Crippen LogP contribution in [0.25, 0.3) is 16.8 Å². The van der Waals surface area contributed by atoms with Crippen LogP contribution in [0.3, 0.4) is 0 Å². The van der Waals surface area contributed by atoms with Gasteiger partial charge in [0.05, 0.1) is 16.9 Å². The lowest BCUT2D eigenvalue weighted by molar-refractivity contribution is -0.198. The average molecular weight is 652 g/mol. The van der Waals surface area contributed by atoms with Crippen LogP contribution in [0.2, 0.25) is 0 Å². The van der Waals surface area contributed by atoms with Gasteiger partial charge in [0.15, 0.2) is 0 Å². The fourth-order valence-electron chi connectivity index (χ4n) is 6.29. The number of rotatable bonds is 8. The molecule has 2 atom stereocenters. The molecule has 2 fully saturated rings. The second-order valence-corrected chi connectivity index (χ2v) is 12.0. The maximum atomic E-state index is 14.8. The molecule has 2 aliphatic heterocycles. The Kier molecular flexibility index (Phi) is 8.26. The Balaban J connectivity index is 1.31. The topological polar surface area (TPSA) is 169 Å². The Hall–Kier alpha value is -5.18. The molecule has 47 heavy (non-hydrogen) atoms. The molecule has 12 nitrogen and oxygen atoms in total. The number of aromatic carboxylic acids is 1. The van der Waals surface area contributed by atoms with Crippen LogP contribution >= 0.6 is 0 Å². The number of benzene rings is 2. The molecule has 0 bridgehead atoms. The fraction of sp³-hybridized carbons (Fsp3) is 0.344. The van der Waals surface area contributed by atoms with E-state index in [2.05, 4.69) is 20.4 Å². The monoisotopic (exact) mass is 651 g/mol. The fourth-order valence-corrected chi connectivity index (χ4v) is 6.29. The van der Waals surface area contributed by atoms with Gasteiger partial charge in [0, 0.05) is 37.5 Å². The third-order valence-electron chi connectivity index (χ3n) is 8.77. The molecule has 0 amide bonds. The number of aromatic nitrogens is 4. The van der Waals surface area contributed by atoms with Gasteiger partial charge in [-0.05, 0) is 67.0 Å². The second kappa shape index (κ2) is 12.2. The van der Waals surface area contributed by atoms with E-state index < -0.39 is 30.3 Å². The van der Waals surface area contributed by atoms with Crippen LogP contribution < -0.4 is 20.7 Å². The van der Waals surface area contributed by atoms with E-state index in [4.69, 9.17) is 10.5 Å². The molecule has 2 saturated heterocycles. The molecule has 1 unspecified atom stereocenters. The van der Waals surface area contributed by atoms with Crippen LogP contribution in [0.1, 0.15) is 47.0 Å². The number of anilines is 2. The van der Waals surface area contributed by atoms with E-state index in [9.17, 15) is 33.0 Å². The van der Waals surface area contributed by atoms with Crippen LogP contribution in [-0.4, -0.2) is 73.8 Å². The number of hydrogen-bond donors (Lipinski definition) is 4. The number of nitrogens with one attached hydrogen (secondary N) is 1. The molecule has 4 aromatic rings. The van der Waals surface area contributed by atoms with Crippen molar-refractivity contribution in [2.45, 2.75) is 44.5 Å². The molecule has 0 radical (unpaired) electrons. The standard InChI is InChI=1S/C32H32F3N7O5/c1-18-7-10-42(40-18)24-14-20(19-3-2-4-21(13-19)28(43)44)5-6-22(24)27(32(33,34)35)47-26-15-25(38-30(36)39-26)41-11-8-31(9-12-41)16-23(29(45)46)37-17-31/h2-7,10,13-15,23,27,37H,8-9,11-12,16-17H2,1H3,(H,43,44)(H,45,46)(H2,36,38,39)/t23?,27-/m1/s1. The zero-order valence-electron chi connectivity index (χ0n) is 25.2. The van der Waals surface area contributed by atoms with Gasteiger partial charge >= 0.3 is 18.1 Å². The molecule has 0 aliphatic carbocycles. The third-order valence-corrected chi connectivity index (χ3v) is 8.77. The van der Waals surface area contributed by atoms with E-state index in [-0.39, 0.29) is 34.1 Å². The summed E-state index contributed by atoms with van der Waals surface area (Å²) in [6.45, 7) is 3.28. The number of nitrogen functional groups attached to an aromatic ring is 1. The van der Waals surface area contributed by atoms with Gasteiger partial charge in [0.25, 0.3) is 0 Å². The summed E-state index contributed by atoms with van der Waals surface area (Å²) < 4.78 is 51.4. The molecule has 4 heterocycles. The highest BCUT2D eigenvalue weighted by atomic mass is 19.4. The predicted octanol–water partition coefficient (Wildman–Crippen LogP) is 4.63. The van der Waals surface area contributed by atoms with Gasteiger partial charge in [-0.25, -0.2) is 9.48 Å². The number of aliphatic carboxylic acids is 1. The number of nitrogens with two attached hydrogens (primary N) is 1. The molecule has 15 heteroatoms. The van der Waals surface area contributed by atoms with E-state index in [1.54, 1.807) is 25.1 Å². The highest BCUT2D eigenvalue weighted by Crippen LogP contribution is 2.43. The lowest BCUT2D eigenvalue weighted by Gasteiger charge is -2.39. The number of carboxylic acids is 2. The Bertz CT molecular complexity index is 1820. The average Bonchev–Trinajstić information content (AvgIpc) is 3.66. The summed E-state index contributed by atoms with van der Waals surface area (Å²) in [6.07, 6.45) is -4.00.